The Hall–Kier alpha value is -1.60. The van der Waals surface area contributed by atoms with E-state index < -0.39 is 11.7 Å². The molecule has 0 aliphatic carbocycles. The fourth-order valence-corrected chi connectivity index (χ4v) is 1.94. The fraction of sp³-hybridized carbons (Fsp3) is 0.417. The molecule has 0 amide bonds. The van der Waals surface area contributed by atoms with E-state index in [9.17, 15) is 13.2 Å². The van der Waals surface area contributed by atoms with Crippen LogP contribution in [0.25, 0.3) is 11.0 Å². The molecule has 1 heterocycles. The first kappa shape index (κ1) is 13.8. The minimum atomic E-state index is -4.39. The van der Waals surface area contributed by atoms with Crippen LogP contribution in [0.5, 0.6) is 0 Å². The van der Waals surface area contributed by atoms with E-state index in [0.717, 1.165) is 12.1 Å². The highest BCUT2D eigenvalue weighted by atomic mass is 19.4. The van der Waals surface area contributed by atoms with E-state index in [1.807, 2.05) is 0 Å². The van der Waals surface area contributed by atoms with E-state index in [4.69, 9.17) is 9.84 Å². The predicted molar refractivity (Wildman–Crippen MR) is 62.5 cm³/mol. The van der Waals surface area contributed by atoms with Crippen molar-refractivity contribution in [2.24, 2.45) is 0 Å². The number of fused-ring (bicyclic) bond motifs is 1. The van der Waals surface area contributed by atoms with Crippen LogP contribution >= 0.6 is 0 Å². The number of imidazole rings is 1. The summed E-state index contributed by atoms with van der Waals surface area (Å²) >= 11 is 0. The van der Waals surface area contributed by atoms with Crippen LogP contribution in [0.1, 0.15) is 11.4 Å². The van der Waals surface area contributed by atoms with Crippen LogP contribution in [0.2, 0.25) is 0 Å². The quantitative estimate of drug-likeness (QED) is 0.929. The number of halogens is 3. The summed E-state index contributed by atoms with van der Waals surface area (Å²) in [6.45, 7) is 0.319. The van der Waals surface area contributed by atoms with Crippen molar-refractivity contribution >= 4 is 11.0 Å². The molecular formula is C12H13F3N2O2. The number of ether oxygens (including phenoxy) is 1. The molecule has 0 saturated heterocycles. The molecule has 0 saturated carbocycles. The number of hydrogen-bond donors (Lipinski definition) is 1. The molecule has 0 aliphatic heterocycles. The minimum Gasteiger partial charge on any atom is -0.395 e. The Balaban J connectivity index is 2.55. The van der Waals surface area contributed by atoms with Crippen molar-refractivity contribution in [2.75, 3.05) is 13.7 Å². The van der Waals surface area contributed by atoms with Crippen molar-refractivity contribution in [1.82, 2.24) is 9.55 Å². The van der Waals surface area contributed by atoms with Gasteiger partial charge < -0.3 is 14.4 Å². The molecule has 0 spiro atoms. The SMILES string of the molecule is COCc1nc2cc(C(F)(F)F)ccc2n1CCO. The number of benzene rings is 1. The van der Waals surface area contributed by atoms with Gasteiger partial charge in [0.1, 0.15) is 12.4 Å². The van der Waals surface area contributed by atoms with E-state index in [-0.39, 0.29) is 25.3 Å². The molecule has 0 bridgehead atoms. The van der Waals surface area contributed by atoms with E-state index in [1.54, 1.807) is 4.57 Å². The first-order valence-electron chi connectivity index (χ1n) is 5.63. The molecule has 0 radical (unpaired) electrons. The minimum absolute atomic E-state index is 0.122. The lowest BCUT2D eigenvalue weighted by molar-refractivity contribution is -0.137. The monoisotopic (exact) mass is 274 g/mol. The van der Waals surface area contributed by atoms with Gasteiger partial charge in [0, 0.05) is 13.7 Å². The summed E-state index contributed by atoms with van der Waals surface area (Å²) < 4.78 is 44.5. The Morgan fingerprint density at radius 3 is 2.68 bits per heavy atom. The first-order valence-corrected chi connectivity index (χ1v) is 5.63. The summed E-state index contributed by atoms with van der Waals surface area (Å²) in [5.74, 6) is 0.492. The Morgan fingerprint density at radius 2 is 2.11 bits per heavy atom. The molecule has 1 aromatic heterocycles. The largest absolute Gasteiger partial charge is 0.416 e. The number of hydrogen-bond acceptors (Lipinski definition) is 3. The Labute approximate surface area is 107 Å². The molecule has 19 heavy (non-hydrogen) atoms. The van der Waals surface area contributed by atoms with Crippen molar-refractivity contribution in [2.45, 2.75) is 19.3 Å². The number of methoxy groups -OCH3 is 1. The fourth-order valence-electron chi connectivity index (χ4n) is 1.94. The van der Waals surface area contributed by atoms with Crippen LogP contribution < -0.4 is 0 Å². The summed E-state index contributed by atoms with van der Waals surface area (Å²) in [5, 5.41) is 9.00. The lowest BCUT2D eigenvalue weighted by Gasteiger charge is -2.08. The van der Waals surface area contributed by atoms with Crippen molar-refractivity contribution in [1.29, 1.82) is 0 Å². The molecule has 1 N–H and O–H groups in total. The zero-order chi connectivity index (χ0) is 14.0. The molecule has 104 valence electrons. The second-order valence-corrected chi connectivity index (χ2v) is 4.04. The lowest BCUT2D eigenvalue weighted by atomic mass is 10.2. The third-order valence-electron chi connectivity index (χ3n) is 2.75. The normalized spacial score (nSPS) is 12.3. The van der Waals surface area contributed by atoms with Gasteiger partial charge in [0.15, 0.2) is 0 Å². The van der Waals surface area contributed by atoms with Crippen molar-refractivity contribution in [3.8, 4) is 0 Å². The van der Waals surface area contributed by atoms with Gasteiger partial charge in [0.25, 0.3) is 0 Å². The van der Waals surface area contributed by atoms with Gasteiger partial charge in [0.05, 0.1) is 23.2 Å². The maximum atomic E-state index is 12.6. The van der Waals surface area contributed by atoms with E-state index in [1.165, 1.54) is 13.2 Å². The summed E-state index contributed by atoms with van der Waals surface area (Å²) in [5.41, 5.74) is 0.0574. The molecule has 1 aromatic carbocycles. The molecule has 2 aromatic rings. The van der Waals surface area contributed by atoms with E-state index in [2.05, 4.69) is 4.98 Å². The Morgan fingerprint density at radius 1 is 1.37 bits per heavy atom. The number of rotatable bonds is 4. The van der Waals surface area contributed by atoms with Gasteiger partial charge in [-0.05, 0) is 18.2 Å². The second-order valence-electron chi connectivity index (χ2n) is 4.04. The molecule has 0 unspecified atom stereocenters. The van der Waals surface area contributed by atoms with Crippen molar-refractivity contribution in [3.05, 3.63) is 29.6 Å². The molecule has 7 heteroatoms. The highest BCUT2D eigenvalue weighted by molar-refractivity contribution is 5.77. The summed E-state index contributed by atoms with van der Waals surface area (Å²) in [7, 11) is 1.48. The van der Waals surface area contributed by atoms with Crippen molar-refractivity contribution < 1.29 is 23.0 Å². The van der Waals surface area contributed by atoms with Gasteiger partial charge in [-0.1, -0.05) is 0 Å². The lowest BCUT2D eigenvalue weighted by Crippen LogP contribution is -2.08. The van der Waals surface area contributed by atoms with Gasteiger partial charge in [-0.25, -0.2) is 4.98 Å². The average molecular weight is 274 g/mol. The molecule has 0 fully saturated rings. The highest BCUT2D eigenvalue weighted by Gasteiger charge is 2.31. The van der Waals surface area contributed by atoms with Gasteiger partial charge in [0.2, 0.25) is 0 Å². The van der Waals surface area contributed by atoms with Crippen LogP contribution in [0.15, 0.2) is 18.2 Å². The predicted octanol–water partition coefficient (Wildman–Crippen LogP) is 2.19. The molecule has 2 rings (SSSR count). The third-order valence-corrected chi connectivity index (χ3v) is 2.75. The maximum absolute atomic E-state index is 12.6. The first-order chi connectivity index (χ1) is 8.97. The number of aliphatic hydroxyl groups excluding tert-OH is 1. The molecule has 0 atom stereocenters. The van der Waals surface area contributed by atoms with Crippen LogP contribution in [-0.4, -0.2) is 28.4 Å². The van der Waals surface area contributed by atoms with Crippen LogP contribution in [-0.2, 0) is 24.1 Å². The maximum Gasteiger partial charge on any atom is 0.416 e. The van der Waals surface area contributed by atoms with Crippen LogP contribution in [0.4, 0.5) is 13.2 Å². The Kier molecular flexibility index (Phi) is 3.77. The number of alkyl halides is 3. The second kappa shape index (κ2) is 5.18. The zero-order valence-electron chi connectivity index (χ0n) is 10.2. The smallest absolute Gasteiger partial charge is 0.395 e. The Bertz CT molecular complexity index is 578. The number of aliphatic hydroxyl groups is 1. The highest BCUT2D eigenvalue weighted by Crippen LogP contribution is 2.31. The summed E-state index contributed by atoms with van der Waals surface area (Å²) in [6.07, 6.45) is -4.39. The topological polar surface area (TPSA) is 47.3 Å². The average Bonchev–Trinajstić information content (AvgIpc) is 2.67. The number of nitrogens with zero attached hydrogens (tertiary/aromatic N) is 2. The van der Waals surface area contributed by atoms with Crippen molar-refractivity contribution in [3.63, 3.8) is 0 Å². The molecule has 4 nitrogen and oxygen atoms in total. The molecule has 0 aliphatic rings. The van der Waals surface area contributed by atoms with Gasteiger partial charge >= 0.3 is 6.18 Å². The standard InChI is InChI=1S/C12H13F3N2O2/c1-19-7-11-16-9-6-8(12(13,14)15)2-3-10(9)17(11)4-5-18/h2-3,6,18H,4-5,7H2,1H3. The molecular weight excluding hydrogens is 261 g/mol. The van der Waals surface area contributed by atoms with E-state index in [0.29, 0.717) is 11.3 Å². The van der Waals surface area contributed by atoms with E-state index >= 15 is 0 Å². The van der Waals surface area contributed by atoms with Crippen LogP contribution in [0, 0.1) is 0 Å². The summed E-state index contributed by atoms with van der Waals surface area (Å²) in [4.78, 5) is 4.12. The van der Waals surface area contributed by atoms with Gasteiger partial charge in [-0.2, -0.15) is 13.2 Å². The third kappa shape index (κ3) is 2.71. The summed E-state index contributed by atoms with van der Waals surface area (Å²) in [6, 6.07) is 3.37. The zero-order valence-corrected chi connectivity index (χ0v) is 10.2. The number of aromatic nitrogens is 2. The van der Waals surface area contributed by atoms with Gasteiger partial charge in [-0.3, -0.25) is 0 Å². The van der Waals surface area contributed by atoms with Crippen LogP contribution in [0.3, 0.4) is 0 Å². The van der Waals surface area contributed by atoms with Gasteiger partial charge in [-0.15, -0.1) is 0 Å².